The van der Waals surface area contributed by atoms with Gasteiger partial charge in [0.25, 0.3) is 0 Å². The number of halogens is 1. The Labute approximate surface area is 108 Å². The Morgan fingerprint density at radius 2 is 1.94 bits per heavy atom. The number of carboxylic acids is 1. The van der Waals surface area contributed by atoms with Gasteiger partial charge in [0.05, 0.1) is 15.5 Å². The Hall–Kier alpha value is -1.60. The minimum absolute atomic E-state index is 0.220. The smallest absolute Gasteiger partial charge is 0.337 e. The van der Waals surface area contributed by atoms with Crippen LogP contribution < -0.4 is 5.73 Å². The lowest BCUT2D eigenvalue weighted by Crippen LogP contribution is -2.33. The van der Waals surface area contributed by atoms with E-state index in [9.17, 15) is 18.0 Å². The van der Waals surface area contributed by atoms with E-state index in [0.717, 1.165) is 25.1 Å². The number of carbonyl (C=O) groups excluding carboxylic acids is 1. The molecule has 0 aliphatic heterocycles. The summed E-state index contributed by atoms with van der Waals surface area (Å²) in [6.45, 7) is 1.15. The predicted octanol–water partition coefficient (Wildman–Crippen LogP) is 0.686. The van der Waals surface area contributed by atoms with Crippen LogP contribution in [-0.2, 0) is 14.6 Å². The van der Waals surface area contributed by atoms with Crippen molar-refractivity contribution in [1.82, 2.24) is 0 Å². The molecular weight excluding hydrogens is 282 g/mol. The van der Waals surface area contributed by atoms with Crippen molar-refractivity contribution in [2.75, 3.05) is 0 Å². The van der Waals surface area contributed by atoms with Gasteiger partial charge in [0.2, 0.25) is 5.91 Å². The maximum Gasteiger partial charge on any atom is 0.337 e. The van der Waals surface area contributed by atoms with E-state index in [2.05, 4.69) is 0 Å². The summed E-state index contributed by atoms with van der Waals surface area (Å²) in [5, 5.41) is 7.11. The molecule has 98 valence electrons. The molecule has 6 nitrogen and oxygen atoms in total. The van der Waals surface area contributed by atoms with Crippen LogP contribution in [0.25, 0.3) is 0 Å². The van der Waals surface area contributed by atoms with Crippen molar-refractivity contribution < 1.29 is 23.1 Å². The van der Waals surface area contributed by atoms with Crippen LogP contribution in [0.15, 0.2) is 23.1 Å². The third-order valence-corrected chi connectivity index (χ3v) is 4.75. The van der Waals surface area contributed by atoms with Gasteiger partial charge in [0, 0.05) is 0 Å². The first kappa shape index (κ1) is 14.5. The molecule has 18 heavy (non-hydrogen) atoms. The number of carboxylic acid groups (broad SMARTS) is 1. The molecule has 1 aromatic rings. The number of rotatable bonds is 4. The van der Waals surface area contributed by atoms with Crippen LogP contribution in [0.2, 0.25) is 5.02 Å². The monoisotopic (exact) mass is 291 g/mol. The molecular formula is C10H10ClNO5S. The molecule has 0 bridgehead atoms. The molecule has 1 rings (SSSR count). The van der Waals surface area contributed by atoms with E-state index in [-0.39, 0.29) is 15.5 Å². The number of sulfone groups is 1. The van der Waals surface area contributed by atoms with Crippen LogP contribution in [0.3, 0.4) is 0 Å². The fraction of sp³-hybridized carbons (Fsp3) is 0.200. The topological polar surface area (TPSA) is 115 Å². The van der Waals surface area contributed by atoms with Crippen molar-refractivity contribution >= 4 is 33.3 Å². The summed E-state index contributed by atoms with van der Waals surface area (Å²) >= 11 is 5.65. The number of hydrogen-bond acceptors (Lipinski definition) is 4. The fourth-order valence-electron chi connectivity index (χ4n) is 1.20. The number of aromatic carboxylic acids is 1. The number of nitrogens with two attached hydrogens (primary N) is 1. The van der Waals surface area contributed by atoms with E-state index >= 15 is 0 Å². The summed E-state index contributed by atoms with van der Waals surface area (Å²) < 4.78 is 23.8. The quantitative estimate of drug-likeness (QED) is 0.847. The third kappa shape index (κ3) is 2.62. The first-order valence-electron chi connectivity index (χ1n) is 4.74. The Balaban J connectivity index is 3.32. The largest absolute Gasteiger partial charge is 0.478 e. The molecule has 1 unspecified atom stereocenters. The summed E-state index contributed by atoms with van der Waals surface area (Å²) in [5.74, 6) is -2.26. The molecule has 0 saturated heterocycles. The number of primary amides is 1. The van der Waals surface area contributed by atoms with Gasteiger partial charge in [-0.2, -0.15) is 0 Å². The van der Waals surface area contributed by atoms with Gasteiger partial charge in [-0.05, 0) is 25.1 Å². The van der Waals surface area contributed by atoms with E-state index in [4.69, 9.17) is 22.4 Å². The van der Waals surface area contributed by atoms with Crippen LogP contribution >= 0.6 is 11.6 Å². The molecule has 3 N–H and O–H groups in total. The molecule has 8 heteroatoms. The highest BCUT2D eigenvalue weighted by atomic mass is 35.5. The van der Waals surface area contributed by atoms with Crippen LogP contribution in [0.1, 0.15) is 17.3 Å². The van der Waals surface area contributed by atoms with E-state index in [1.165, 1.54) is 0 Å². The molecule has 0 aliphatic rings. The Morgan fingerprint density at radius 3 is 2.33 bits per heavy atom. The fourth-order valence-corrected chi connectivity index (χ4v) is 2.78. The zero-order valence-electron chi connectivity index (χ0n) is 9.25. The van der Waals surface area contributed by atoms with Crippen molar-refractivity contribution in [3.8, 4) is 0 Å². The van der Waals surface area contributed by atoms with E-state index in [1.54, 1.807) is 0 Å². The Morgan fingerprint density at radius 1 is 1.39 bits per heavy atom. The van der Waals surface area contributed by atoms with Crippen LogP contribution in [-0.4, -0.2) is 30.7 Å². The summed E-state index contributed by atoms with van der Waals surface area (Å²) in [5.41, 5.74) is 4.71. The van der Waals surface area contributed by atoms with Crippen molar-refractivity contribution in [2.45, 2.75) is 17.1 Å². The van der Waals surface area contributed by atoms with Gasteiger partial charge < -0.3 is 10.8 Å². The second-order valence-corrected chi connectivity index (χ2v) is 6.21. The maximum absolute atomic E-state index is 11.9. The molecule has 0 heterocycles. The van der Waals surface area contributed by atoms with Crippen molar-refractivity contribution in [3.63, 3.8) is 0 Å². The molecule has 0 fully saturated rings. The first-order valence-corrected chi connectivity index (χ1v) is 6.66. The van der Waals surface area contributed by atoms with E-state index in [0.29, 0.717) is 0 Å². The van der Waals surface area contributed by atoms with Gasteiger partial charge in [-0.25, -0.2) is 13.2 Å². The lowest BCUT2D eigenvalue weighted by atomic mass is 10.2. The molecule has 0 radical (unpaired) electrons. The average molecular weight is 292 g/mol. The Bertz CT molecular complexity index is 611. The highest BCUT2D eigenvalue weighted by Gasteiger charge is 2.28. The van der Waals surface area contributed by atoms with Gasteiger partial charge in [0.15, 0.2) is 9.84 Å². The normalized spacial score (nSPS) is 13.0. The van der Waals surface area contributed by atoms with E-state index < -0.39 is 27.0 Å². The lowest BCUT2D eigenvalue weighted by molar-refractivity contribution is -0.117. The maximum atomic E-state index is 11.9. The van der Waals surface area contributed by atoms with Crippen molar-refractivity contribution in [3.05, 3.63) is 28.8 Å². The summed E-state index contributed by atoms with van der Waals surface area (Å²) in [7, 11) is -3.96. The van der Waals surface area contributed by atoms with Crippen molar-refractivity contribution in [2.24, 2.45) is 5.73 Å². The second-order valence-electron chi connectivity index (χ2n) is 3.54. The molecule has 1 atom stereocenters. The zero-order valence-corrected chi connectivity index (χ0v) is 10.8. The number of benzene rings is 1. The second kappa shape index (κ2) is 4.95. The standard InChI is InChI=1S/C10H10ClNO5S/c1-5(9(12)13)18(16,17)6-2-3-7(10(14)15)8(11)4-6/h2-5H,1H3,(H2,12,13)(H,14,15). The predicted molar refractivity (Wildman–Crippen MR) is 64.3 cm³/mol. The van der Waals surface area contributed by atoms with E-state index in [1.807, 2.05) is 0 Å². The minimum Gasteiger partial charge on any atom is -0.478 e. The Kier molecular flexibility index (Phi) is 3.98. The van der Waals surface area contributed by atoms with Gasteiger partial charge in [0.1, 0.15) is 5.25 Å². The van der Waals surface area contributed by atoms with Gasteiger partial charge >= 0.3 is 5.97 Å². The highest BCUT2D eigenvalue weighted by molar-refractivity contribution is 7.92. The van der Waals surface area contributed by atoms with Gasteiger partial charge in [-0.1, -0.05) is 11.6 Å². The van der Waals surface area contributed by atoms with Crippen LogP contribution in [0.5, 0.6) is 0 Å². The molecule has 1 aromatic carbocycles. The average Bonchev–Trinajstić information content (AvgIpc) is 2.27. The summed E-state index contributed by atoms with van der Waals surface area (Å²) in [6, 6.07) is 3.12. The summed E-state index contributed by atoms with van der Waals surface area (Å²) in [6.07, 6.45) is 0. The third-order valence-electron chi connectivity index (χ3n) is 2.37. The molecule has 0 spiro atoms. The van der Waals surface area contributed by atoms with Gasteiger partial charge in [-0.15, -0.1) is 0 Å². The van der Waals surface area contributed by atoms with Crippen molar-refractivity contribution in [1.29, 1.82) is 0 Å². The number of carbonyl (C=O) groups is 2. The van der Waals surface area contributed by atoms with Gasteiger partial charge in [-0.3, -0.25) is 4.79 Å². The molecule has 1 amide bonds. The van der Waals surface area contributed by atoms with Crippen LogP contribution in [0, 0.1) is 0 Å². The SMILES string of the molecule is CC(C(N)=O)S(=O)(=O)c1ccc(C(=O)O)c(Cl)c1. The van der Waals surface area contributed by atoms with Crippen LogP contribution in [0.4, 0.5) is 0 Å². The highest BCUT2D eigenvalue weighted by Crippen LogP contribution is 2.23. The number of amides is 1. The number of hydrogen-bond donors (Lipinski definition) is 2. The molecule has 0 aliphatic carbocycles. The molecule has 0 saturated carbocycles. The molecule has 0 aromatic heterocycles. The summed E-state index contributed by atoms with van der Waals surface area (Å²) in [4.78, 5) is 21.4. The first-order chi connectivity index (χ1) is 8.17. The minimum atomic E-state index is -3.96. The zero-order chi connectivity index (χ0) is 14.1. The lowest BCUT2D eigenvalue weighted by Gasteiger charge is -2.10.